The quantitative estimate of drug-likeness (QED) is 0.629. The summed E-state index contributed by atoms with van der Waals surface area (Å²) in [6, 6.07) is 0. The summed E-state index contributed by atoms with van der Waals surface area (Å²) in [5.74, 6) is 0.211. The molecule has 0 radical (unpaired) electrons. The van der Waals surface area contributed by atoms with Gasteiger partial charge >= 0.3 is 0 Å². The van der Waals surface area contributed by atoms with Gasteiger partial charge in [-0.05, 0) is 29.9 Å². The fourth-order valence-corrected chi connectivity index (χ4v) is 3.69. The topological polar surface area (TPSA) is 34.1 Å². The molecular formula is C11H15ClO2. The van der Waals surface area contributed by atoms with E-state index in [0.29, 0.717) is 6.42 Å². The van der Waals surface area contributed by atoms with Crippen LogP contribution in [0.3, 0.4) is 0 Å². The summed E-state index contributed by atoms with van der Waals surface area (Å²) in [6.45, 7) is 5.99. The van der Waals surface area contributed by atoms with Crippen molar-refractivity contribution in [1.29, 1.82) is 0 Å². The van der Waals surface area contributed by atoms with Crippen molar-refractivity contribution in [3.63, 3.8) is 0 Å². The third kappa shape index (κ3) is 0.758. The van der Waals surface area contributed by atoms with Crippen molar-refractivity contribution in [3.05, 3.63) is 0 Å². The fourth-order valence-electron chi connectivity index (χ4n) is 3.30. The molecule has 2 aliphatic carbocycles. The van der Waals surface area contributed by atoms with Crippen molar-refractivity contribution in [1.82, 2.24) is 0 Å². The van der Waals surface area contributed by atoms with Gasteiger partial charge in [0.15, 0.2) is 0 Å². The van der Waals surface area contributed by atoms with Gasteiger partial charge in [0.05, 0.1) is 5.41 Å². The Morgan fingerprint density at radius 1 is 1.29 bits per heavy atom. The Bertz CT molecular complexity index is 334. The van der Waals surface area contributed by atoms with E-state index < -0.39 is 5.41 Å². The molecule has 0 aromatic rings. The van der Waals surface area contributed by atoms with Crippen LogP contribution in [0.2, 0.25) is 0 Å². The average Bonchev–Trinajstić information content (AvgIpc) is 2.34. The Balaban J connectivity index is 2.60. The van der Waals surface area contributed by atoms with Gasteiger partial charge in [0.2, 0.25) is 5.24 Å². The lowest BCUT2D eigenvalue weighted by Gasteiger charge is -2.37. The van der Waals surface area contributed by atoms with Gasteiger partial charge in [-0.1, -0.05) is 20.8 Å². The zero-order valence-electron chi connectivity index (χ0n) is 8.82. The number of ketones is 1. The maximum Gasteiger partial charge on any atom is 0.228 e. The largest absolute Gasteiger partial charge is 0.299 e. The first-order valence-electron chi connectivity index (χ1n) is 5.01. The number of hydrogen-bond acceptors (Lipinski definition) is 2. The summed E-state index contributed by atoms with van der Waals surface area (Å²) in [6.07, 6.45) is 1.92. The molecule has 2 rings (SSSR count). The van der Waals surface area contributed by atoms with Crippen LogP contribution >= 0.6 is 11.6 Å². The van der Waals surface area contributed by atoms with Crippen LogP contribution in [0.1, 0.15) is 40.0 Å². The molecule has 0 aromatic carbocycles. The summed E-state index contributed by atoms with van der Waals surface area (Å²) in [7, 11) is 0. The summed E-state index contributed by atoms with van der Waals surface area (Å²) in [4.78, 5) is 23.4. The Kier molecular flexibility index (Phi) is 1.75. The summed E-state index contributed by atoms with van der Waals surface area (Å²) < 4.78 is 0. The Morgan fingerprint density at radius 3 is 2.07 bits per heavy atom. The first kappa shape index (κ1) is 10.2. The van der Waals surface area contributed by atoms with E-state index in [4.69, 9.17) is 11.6 Å². The molecule has 0 heterocycles. The van der Waals surface area contributed by atoms with Gasteiger partial charge in [0.25, 0.3) is 0 Å². The monoisotopic (exact) mass is 214 g/mol. The van der Waals surface area contributed by atoms with E-state index in [0.717, 1.165) is 12.8 Å². The molecule has 0 aliphatic heterocycles. The van der Waals surface area contributed by atoms with Gasteiger partial charge in [0, 0.05) is 11.8 Å². The van der Waals surface area contributed by atoms with E-state index in [2.05, 4.69) is 0 Å². The van der Waals surface area contributed by atoms with Gasteiger partial charge in [-0.15, -0.1) is 0 Å². The number of hydrogen-bond donors (Lipinski definition) is 0. The van der Waals surface area contributed by atoms with E-state index in [1.165, 1.54) is 0 Å². The van der Waals surface area contributed by atoms with Crippen LogP contribution in [0.25, 0.3) is 0 Å². The van der Waals surface area contributed by atoms with Crippen LogP contribution in [0.15, 0.2) is 0 Å². The minimum absolute atomic E-state index is 0.211. The van der Waals surface area contributed by atoms with Crippen molar-refractivity contribution in [2.75, 3.05) is 0 Å². The second kappa shape index (κ2) is 2.41. The van der Waals surface area contributed by atoms with Gasteiger partial charge in [-0.25, -0.2) is 0 Å². The number of carbonyl (C=O) groups is 2. The van der Waals surface area contributed by atoms with E-state index in [1.807, 2.05) is 20.8 Å². The highest BCUT2D eigenvalue weighted by atomic mass is 35.5. The third-order valence-corrected chi connectivity index (χ3v) is 5.44. The predicted molar refractivity (Wildman–Crippen MR) is 54.0 cm³/mol. The van der Waals surface area contributed by atoms with Gasteiger partial charge in [-0.3, -0.25) is 9.59 Å². The van der Waals surface area contributed by atoms with Crippen LogP contribution in [-0.4, -0.2) is 11.0 Å². The Morgan fingerprint density at radius 2 is 1.86 bits per heavy atom. The van der Waals surface area contributed by atoms with Gasteiger partial charge in [-0.2, -0.15) is 0 Å². The molecule has 3 heteroatoms. The summed E-state index contributed by atoms with van der Waals surface area (Å²) >= 11 is 5.69. The molecule has 2 aliphatic rings. The van der Waals surface area contributed by atoms with Crippen LogP contribution in [0.4, 0.5) is 0 Å². The molecule has 1 unspecified atom stereocenters. The molecule has 0 amide bonds. The second-order valence-corrected chi connectivity index (χ2v) is 5.76. The van der Waals surface area contributed by atoms with Crippen molar-refractivity contribution in [3.8, 4) is 0 Å². The smallest absolute Gasteiger partial charge is 0.228 e. The average molecular weight is 215 g/mol. The number of carbonyl (C=O) groups excluding carboxylic acids is 2. The Hall–Kier alpha value is -0.370. The summed E-state index contributed by atoms with van der Waals surface area (Å²) in [5.41, 5.74) is -1.20. The van der Waals surface area contributed by atoms with Gasteiger partial charge in [0.1, 0.15) is 5.78 Å². The molecular weight excluding hydrogens is 200 g/mol. The van der Waals surface area contributed by atoms with E-state index >= 15 is 0 Å². The number of fused-ring (bicyclic) bond motifs is 2. The van der Waals surface area contributed by atoms with Crippen molar-refractivity contribution in [2.45, 2.75) is 40.0 Å². The fraction of sp³-hybridized carbons (Fsp3) is 0.818. The molecule has 2 atom stereocenters. The second-order valence-electron chi connectivity index (χ2n) is 5.41. The molecule has 0 N–H and O–H groups in total. The molecule has 0 saturated heterocycles. The molecule has 14 heavy (non-hydrogen) atoms. The zero-order valence-corrected chi connectivity index (χ0v) is 9.57. The van der Waals surface area contributed by atoms with Crippen LogP contribution in [0, 0.1) is 16.2 Å². The lowest BCUT2D eigenvalue weighted by atomic mass is 9.65. The highest BCUT2D eigenvalue weighted by Gasteiger charge is 2.72. The van der Waals surface area contributed by atoms with Crippen molar-refractivity contribution in [2.24, 2.45) is 16.2 Å². The molecule has 2 nitrogen and oxygen atoms in total. The van der Waals surface area contributed by atoms with Crippen molar-refractivity contribution < 1.29 is 9.59 Å². The number of halogens is 1. The van der Waals surface area contributed by atoms with Crippen LogP contribution in [0.5, 0.6) is 0 Å². The van der Waals surface area contributed by atoms with Crippen LogP contribution in [-0.2, 0) is 9.59 Å². The molecule has 2 bridgehead atoms. The highest BCUT2D eigenvalue weighted by molar-refractivity contribution is 6.65. The normalized spacial score (nSPS) is 44.4. The molecule has 2 fully saturated rings. The zero-order chi connectivity index (χ0) is 10.8. The molecule has 2 saturated carbocycles. The SMILES string of the molecule is CC12CC[C@](C(=O)Cl)(CC1=O)C2(C)C. The Labute approximate surface area is 89.0 Å². The highest BCUT2D eigenvalue weighted by Crippen LogP contribution is 2.71. The lowest BCUT2D eigenvalue weighted by molar-refractivity contribution is -0.129. The maximum absolute atomic E-state index is 11.9. The van der Waals surface area contributed by atoms with Crippen molar-refractivity contribution >= 4 is 22.6 Å². The third-order valence-electron chi connectivity index (χ3n) is 5.08. The number of rotatable bonds is 1. The minimum Gasteiger partial charge on any atom is -0.299 e. The van der Waals surface area contributed by atoms with E-state index in [9.17, 15) is 9.59 Å². The molecule has 0 aromatic heterocycles. The standard InChI is InChI=1S/C11H15ClO2/c1-9(2)10(3)4-5-11(9,8(12)14)6-7(10)13/h4-6H2,1-3H3/t10?,11-/m1/s1. The summed E-state index contributed by atoms with van der Waals surface area (Å²) in [5, 5.41) is -0.322. The first-order chi connectivity index (χ1) is 6.28. The van der Waals surface area contributed by atoms with E-state index in [1.54, 1.807) is 0 Å². The maximum atomic E-state index is 11.9. The first-order valence-corrected chi connectivity index (χ1v) is 5.39. The lowest BCUT2D eigenvalue weighted by Crippen LogP contribution is -2.38. The number of Topliss-reactive ketones (excluding diaryl/α,β-unsaturated/α-hetero) is 1. The molecule has 78 valence electrons. The minimum atomic E-state index is -0.583. The van der Waals surface area contributed by atoms with Gasteiger partial charge < -0.3 is 0 Å². The molecule has 0 spiro atoms. The predicted octanol–water partition coefficient (Wildman–Crippen LogP) is 2.54. The van der Waals surface area contributed by atoms with E-state index in [-0.39, 0.29) is 21.9 Å². The van der Waals surface area contributed by atoms with Crippen LogP contribution < -0.4 is 0 Å².